The maximum absolute atomic E-state index is 13.7. The fraction of sp³-hybridized carbons (Fsp3) is 0.263. The molecule has 1 atom stereocenters. The molecule has 0 fully saturated rings. The van der Waals surface area contributed by atoms with Crippen molar-refractivity contribution in [3.8, 4) is 0 Å². The molecule has 0 radical (unpaired) electrons. The Kier molecular flexibility index (Phi) is 6.85. The van der Waals surface area contributed by atoms with Gasteiger partial charge in [0.1, 0.15) is 24.3 Å². The summed E-state index contributed by atoms with van der Waals surface area (Å²) in [4.78, 5) is 24.6. The van der Waals surface area contributed by atoms with Gasteiger partial charge in [-0.25, -0.2) is 13.6 Å². The van der Waals surface area contributed by atoms with Gasteiger partial charge >= 0.3 is 5.97 Å². The lowest BCUT2D eigenvalue weighted by Gasteiger charge is -2.21. The zero-order valence-electron chi connectivity index (χ0n) is 14.3. The highest BCUT2D eigenvalue weighted by Gasteiger charge is 2.27. The van der Waals surface area contributed by atoms with Crippen LogP contribution in [-0.4, -0.2) is 17.9 Å². The molecule has 2 aromatic rings. The largest absolute Gasteiger partial charge is 0.459 e. The van der Waals surface area contributed by atoms with Crippen molar-refractivity contribution in [2.24, 2.45) is 5.92 Å². The fourth-order valence-electron chi connectivity index (χ4n) is 2.24. The molecule has 2 rings (SSSR count). The number of halogens is 3. The van der Waals surface area contributed by atoms with Gasteiger partial charge in [-0.1, -0.05) is 48.0 Å². The zero-order chi connectivity index (χ0) is 19.3. The highest BCUT2D eigenvalue weighted by molar-refractivity contribution is 9.10. The zero-order valence-corrected chi connectivity index (χ0v) is 15.8. The van der Waals surface area contributed by atoms with E-state index in [4.69, 9.17) is 4.74 Å². The van der Waals surface area contributed by atoms with Crippen LogP contribution in [-0.2, 0) is 16.1 Å². The predicted octanol–water partition coefficient (Wildman–Crippen LogP) is 4.23. The third-order valence-corrected chi connectivity index (χ3v) is 4.45. The molecule has 0 heterocycles. The van der Waals surface area contributed by atoms with E-state index in [1.807, 2.05) is 0 Å². The Bertz CT molecular complexity index is 811. The number of hydrogen-bond donors (Lipinski definition) is 1. The summed E-state index contributed by atoms with van der Waals surface area (Å²) in [5.41, 5.74) is 0.440. The molecule has 0 aliphatic heterocycles. The topological polar surface area (TPSA) is 55.4 Å². The third-order valence-electron chi connectivity index (χ3n) is 3.71. The summed E-state index contributed by atoms with van der Waals surface area (Å²) in [7, 11) is 0. The van der Waals surface area contributed by atoms with Gasteiger partial charge in [-0.15, -0.1) is 0 Å². The Balaban J connectivity index is 2.05. The van der Waals surface area contributed by atoms with E-state index in [2.05, 4.69) is 21.2 Å². The van der Waals surface area contributed by atoms with Crippen molar-refractivity contribution >= 4 is 27.8 Å². The minimum absolute atomic E-state index is 0.0848. The van der Waals surface area contributed by atoms with Crippen molar-refractivity contribution < 1.29 is 23.1 Å². The van der Waals surface area contributed by atoms with Crippen molar-refractivity contribution in [3.05, 3.63) is 69.7 Å². The molecule has 1 N–H and O–H groups in total. The summed E-state index contributed by atoms with van der Waals surface area (Å²) in [5, 5.41) is 2.51. The molecule has 0 saturated carbocycles. The maximum Gasteiger partial charge on any atom is 0.329 e. The van der Waals surface area contributed by atoms with E-state index in [1.54, 1.807) is 13.8 Å². The second kappa shape index (κ2) is 8.89. The lowest BCUT2D eigenvalue weighted by Crippen LogP contribution is -2.45. The van der Waals surface area contributed by atoms with Crippen LogP contribution in [0, 0.1) is 17.6 Å². The number of hydrogen-bond acceptors (Lipinski definition) is 3. The van der Waals surface area contributed by atoms with Crippen LogP contribution in [0.2, 0.25) is 0 Å². The monoisotopic (exact) mass is 425 g/mol. The van der Waals surface area contributed by atoms with Crippen LogP contribution in [0.5, 0.6) is 0 Å². The minimum Gasteiger partial charge on any atom is -0.459 e. The van der Waals surface area contributed by atoms with Gasteiger partial charge < -0.3 is 10.1 Å². The molecule has 0 aliphatic rings. The van der Waals surface area contributed by atoms with E-state index in [9.17, 15) is 18.4 Å². The van der Waals surface area contributed by atoms with Gasteiger partial charge in [-0.05, 0) is 30.2 Å². The van der Waals surface area contributed by atoms with Gasteiger partial charge in [-0.2, -0.15) is 0 Å². The summed E-state index contributed by atoms with van der Waals surface area (Å²) in [6, 6.07) is 8.59. The molecule has 0 aliphatic carbocycles. The first-order valence-electron chi connectivity index (χ1n) is 7.95. The van der Waals surface area contributed by atoms with E-state index in [0.717, 1.165) is 0 Å². The number of rotatable bonds is 6. The van der Waals surface area contributed by atoms with Gasteiger partial charge in [0.25, 0.3) is 5.91 Å². The van der Waals surface area contributed by atoms with Gasteiger partial charge in [0, 0.05) is 10.0 Å². The Morgan fingerprint density at radius 3 is 2.46 bits per heavy atom. The first kappa shape index (κ1) is 20.0. The van der Waals surface area contributed by atoms with Crippen LogP contribution < -0.4 is 5.32 Å². The lowest BCUT2D eigenvalue weighted by molar-refractivity contribution is -0.148. The Hall–Kier alpha value is -2.28. The van der Waals surface area contributed by atoms with Crippen molar-refractivity contribution in [2.75, 3.05) is 0 Å². The molecule has 7 heteroatoms. The average Bonchev–Trinajstić information content (AvgIpc) is 2.58. The quantitative estimate of drug-likeness (QED) is 0.704. The molecular formula is C19H18BrF2NO3. The maximum atomic E-state index is 13.7. The second-order valence-corrected chi connectivity index (χ2v) is 6.87. The van der Waals surface area contributed by atoms with Crippen LogP contribution in [0.3, 0.4) is 0 Å². The average molecular weight is 426 g/mol. The number of esters is 1. The first-order valence-corrected chi connectivity index (χ1v) is 8.75. The highest BCUT2D eigenvalue weighted by atomic mass is 79.9. The predicted molar refractivity (Wildman–Crippen MR) is 96.4 cm³/mol. The molecule has 0 bridgehead atoms. The molecule has 2 aromatic carbocycles. The van der Waals surface area contributed by atoms with Crippen molar-refractivity contribution in [2.45, 2.75) is 26.5 Å². The summed E-state index contributed by atoms with van der Waals surface area (Å²) >= 11 is 3.20. The standard InChI is InChI=1S/C19H18BrF2NO3/c1-11(2)17(23-18(24)14-5-3-4-6-16(14)22)19(25)26-10-12-7-8-13(21)9-15(12)20/h3-9,11,17H,10H2,1-2H3,(H,23,24)/t17-/m0/s1. The summed E-state index contributed by atoms with van der Waals surface area (Å²) in [6.45, 7) is 3.39. The molecule has 0 spiro atoms. The van der Waals surface area contributed by atoms with Crippen LogP contribution in [0.4, 0.5) is 8.78 Å². The minimum atomic E-state index is -0.943. The van der Waals surface area contributed by atoms with E-state index < -0.39 is 29.6 Å². The molecule has 138 valence electrons. The third kappa shape index (κ3) is 5.11. The van der Waals surface area contributed by atoms with Crippen molar-refractivity contribution in [1.82, 2.24) is 5.32 Å². The Morgan fingerprint density at radius 2 is 1.85 bits per heavy atom. The van der Waals surface area contributed by atoms with Crippen LogP contribution in [0.15, 0.2) is 46.9 Å². The lowest BCUT2D eigenvalue weighted by atomic mass is 10.0. The van der Waals surface area contributed by atoms with Gasteiger partial charge in [0.2, 0.25) is 0 Å². The molecule has 0 unspecified atom stereocenters. The SMILES string of the molecule is CC(C)[C@H](NC(=O)c1ccccc1F)C(=O)OCc1ccc(F)cc1Br. The number of benzene rings is 2. The van der Waals surface area contributed by atoms with Gasteiger partial charge in [0.15, 0.2) is 0 Å². The summed E-state index contributed by atoms with van der Waals surface area (Å²) in [6.07, 6.45) is 0. The van der Waals surface area contributed by atoms with Crippen LogP contribution in [0.1, 0.15) is 29.8 Å². The van der Waals surface area contributed by atoms with Gasteiger partial charge in [0.05, 0.1) is 5.56 Å². The number of carbonyl (C=O) groups is 2. The normalized spacial score (nSPS) is 11.9. The van der Waals surface area contributed by atoms with Gasteiger partial charge in [-0.3, -0.25) is 4.79 Å². The highest BCUT2D eigenvalue weighted by Crippen LogP contribution is 2.19. The number of carbonyl (C=O) groups excluding carboxylic acids is 2. The van der Waals surface area contributed by atoms with Crippen molar-refractivity contribution in [1.29, 1.82) is 0 Å². The second-order valence-electron chi connectivity index (χ2n) is 6.02. The van der Waals surface area contributed by atoms with Crippen LogP contribution in [0.25, 0.3) is 0 Å². The molecule has 1 amide bonds. The van der Waals surface area contributed by atoms with E-state index in [-0.39, 0.29) is 18.1 Å². The van der Waals surface area contributed by atoms with E-state index >= 15 is 0 Å². The summed E-state index contributed by atoms with van der Waals surface area (Å²) in [5.74, 6) is -2.70. The molecule has 0 saturated heterocycles. The molecular weight excluding hydrogens is 408 g/mol. The van der Waals surface area contributed by atoms with Crippen LogP contribution >= 0.6 is 15.9 Å². The smallest absolute Gasteiger partial charge is 0.329 e. The van der Waals surface area contributed by atoms with E-state index in [1.165, 1.54) is 42.5 Å². The number of amides is 1. The van der Waals surface area contributed by atoms with E-state index in [0.29, 0.717) is 10.0 Å². The molecule has 4 nitrogen and oxygen atoms in total. The number of nitrogens with one attached hydrogen (secondary N) is 1. The molecule has 26 heavy (non-hydrogen) atoms. The number of ether oxygens (including phenoxy) is 1. The Labute approximate surface area is 158 Å². The fourth-order valence-corrected chi connectivity index (χ4v) is 2.70. The Morgan fingerprint density at radius 1 is 1.15 bits per heavy atom. The first-order chi connectivity index (χ1) is 12.3. The van der Waals surface area contributed by atoms with Crippen molar-refractivity contribution in [3.63, 3.8) is 0 Å². The summed E-state index contributed by atoms with van der Waals surface area (Å²) < 4.78 is 32.5. The molecule has 0 aromatic heterocycles.